The van der Waals surface area contributed by atoms with Crippen LogP contribution >= 0.6 is 11.3 Å². The molecule has 2 heterocycles. The third kappa shape index (κ3) is 5.22. The minimum absolute atomic E-state index is 0.212. The maximum atomic E-state index is 11.9. The van der Waals surface area contributed by atoms with E-state index in [2.05, 4.69) is 26.0 Å². The number of guanidine groups is 1. The molecule has 0 aliphatic carbocycles. The number of thiazole rings is 1. The molecule has 0 atom stereocenters. The summed E-state index contributed by atoms with van der Waals surface area (Å²) in [4.78, 5) is 25.0. The van der Waals surface area contributed by atoms with Crippen LogP contribution in [-0.2, 0) is 17.9 Å². The zero-order chi connectivity index (χ0) is 19.9. The van der Waals surface area contributed by atoms with Gasteiger partial charge in [0.2, 0.25) is 5.91 Å². The summed E-state index contributed by atoms with van der Waals surface area (Å²) < 4.78 is 0. The van der Waals surface area contributed by atoms with Crippen molar-refractivity contribution >= 4 is 34.0 Å². The molecule has 1 aliphatic rings. The van der Waals surface area contributed by atoms with Crippen LogP contribution in [-0.4, -0.2) is 44.0 Å². The molecule has 150 valence electrons. The molecule has 0 radical (unpaired) electrons. The molecule has 28 heavy (non-hydrogen) atoms. The van der Waals surface area contributed by atoms with Gasteiger partial charge in [0.1, 0.15) is 0 Å². The molecule has 1 aliphatic heterocycles. The van der Waals surface area contributed by atoms with Gasteiger partial charge in [-0.1, -0.05) is 12.1 Å². The van der Waals surface area contributed by atoms with Gasteiger partial charge in [0.25, 0.3) is 0 Å². The van der Waals surface area contributed by atoms with Crippen LogP contribution in [0.25, 0.3) is 0 Å². The Morgan fingerprint density at radius 2 is 2.07 bits per heavy atom. The normalized spacial score (nSPS) is 14.5. The van der Waals surface area contributed by atoms with Gasteiger partial charge in [0, 0.05) is 44.7 Å². The van der Waals surface area contributed by atoms with Crippen molar-refractivity contribution < 1.29 is 4.79 Å². The molecule has 3 rings (SSSR count). The lowest BCUT2D eigenvalue weighted by Crippen LogP contribution is -2.36. The van der Waals surface area contributed by atoms with Gasteiger partial charge in [-0.25, -0.2) is 9.98 Å². The van der Waals surface area contributed by atoms with Crippen LogP contribution in [0.3, 0.4) is 0 Å². The van der Waals surface area contributed by atoms with E-state index in [1.54, 1.807) is 11.3 Å². The summed E-state index contributed by atoms with van der Waals surface area (Å²) in [5, 5.41) is 9.65. The van der Waals surface area contributed by atoms with E-state index < -0.39 is 0 Å². The highest BCUT2D eigenvalue weighted by molar-refractivity contribution is 7.13. The Balaban J connectivity index is 1.58. The first-order valence-corrected chi connectivity index (χ1v) is 10.5. The number of aromatic nitrogens is 1. The number of carbonyl (C=O) groups excluding carboxylic acids is 1. The first-order chi connectivity index (χ1) is 13.6. The topological polar surface area (TPSA) is 72.9 Å². The lowest BCUT2D eigenvalue weighted by molar-refractivity contribution is -0.117. The number of nitrogens with one attached hydrogen (secondary N) is 2. The Kier molecular flexibility index (Phi) is 6.86. The molecule has 2 N–H and O–H groups in total. The summed E-state index contributed by atoms with van der Waals surface area (Å²) in [5.74, 6) is 0.976. The van der Waals surface area contributed by atoms with Gasteiger partial charge in [0.15, 0.2) is 11.1 Å². The maximum absolute atomic E-state index is 11.9. The molecule has 0 spiro atoms. The van der Waals surface area contributed by atoms with Crippen LogP contribution in [0.1, 0.15) is 31.0 Å². The second-order valence-electron chi connectivity index (χ2n) is 6.88. The Labute approximate surface area is 170 Å². The molecule has 0 saturated carbocycles. The number of nitrogens with zero attached hydrogens (tertiary/aromatic N) is 4. The van der Waals surface area contributed by atoms with E-state index in [9.17, 15) is 4.79 Å². The highest BCUT2D eigenvalue weighted by atomic mass is 32.1. The Bertz CT molecular complexity index is 814. The summed E-state index contributed by atoms with van der Waals surface area (Å²) in [6.07, 6.45) is 1.59. The standard InChI is InChI=1S/C20H28N6OS/c1-4-21-19(23-13-16-14-28-20(24-16)25(2)3)22-12-15-7-9-17(10-8-15)26-11-5-6-18(26)27/h7-10,14H,4-6,11-13H2,1-3H3,(H2,21,22,23). The fourth-order valence-corrected chi connectivity index (χ4v) is 3.73. The van der Waals surface area contributed by atoms with Gasteiger partial charge in [0.05, 0.1) is 18.8 Å². The van der Waals surface area contributed by atoms with Gasteiger partial charge in [-0.15, -0.1) is 11.3 Å². The summed E-state index contributed by atoms with van der Waals surface area (Å²) in [6, 6.07) is 8.09. The van der Waals surface area contributed by atoms with Crippen LogP contribution in [0.5, 0.6) is 0 Å². The lowest BCUT2D eigenvalue weighted by Gasteiger charge is -2.15. The van der Waals surface area contributed by atoms with E-state index in [4.69, 9.17) is 0 Å². The molecule has 1 aromatic heterocycles. The molecule has 1 aromatic carbocycles. The zero-order valence-corrected chi connectivity index (χ0v) is 17.6. The average molecular weight is 401 g/mol. The average Bonchev–Trinajstić information content (AvgIpc) is 3.33. The molecule has 1 saturated heterocycles. The van der Waals surface area contributed by atoms with Gasteiger partial charge in [-0.2, -0.15) is 0 Å². The van der Waals surface area contributed by atoms with Gasteiger partial charge in [-0.05, 0) is 31.0 Å². The van der Waals surface area contributed by atoms with E-state index in [0.29, 0.717) is 19.5 Å². The molecular weight excluding hydrogens is 372 g/mol. The van der Waals surface area contributed by atoms with Crippen LogP contribution in [0.4, 0.5) is 10.8 Å². The van der Waals surface area contributed by atoms with Crippen molar-refractivity contribution in [1.29, 1.82) is 0 Å². The number of anilines is 2. The van der Waals surface area contributed by atoms with Crippen molar-refractivity contribution in [3.63, 3.8) is 0 Å². The largest absolute Gasteiger partial charge is 0.357 e. The second kappa shape index (κ2) is 9.54. The Morgan fingerprint density at radius 1 is 1.29 bits per heavy atom. The molecule has 7 nitrogen and oxygen atoms in total. The molecule has 1 fully saturated rings. The number of aliphatic imine (C=N–C) groups is 1. The summed E-state index contributed by atoms with van der Waals surface area (Å²) in [6.45, 7) is 4.86. The van der Waals surface area contributed by atoms with Crippen LogP contribution < -0.4 is 20.4 Å². The van der Waals surface area contributed by atoms with E-state index in [1.165, 1.54) is 0 Å². The number of hydrogen-bond acceptors (Lipinski definition) is 5. The van der Waals surface area contributed by atoms with Crippen molar-refractivity contribution in [3.8, 4) is 0 Å². The van der Waals surface area contributed by atoms with Crippen LogP contribution in [0.15, 0.2) is 34.6 Å². The highest BCUT2D eigenvalue weighted by Gasteiger charge is 2.21. The SMILES string of the molecule is CCNC(=NCc1ccc(N2CCCC2=O)cc1)NCc1csc(N(C)C)n1. The van der Waals surface area contributed by atoms with Crippen molar-refractivity contribution in [2.75, 3.05) is 37.0 Å². The predicted molar refractivity (Wildman–Crippen MR) is 116 cm³/mol. The van der Waals surface area contributed by atoms with Crippen LogP contribution in [0, 0.1) is 0 Å². The number of amides is 1. The number of hydrogen-bond donors (Lipinski definition) is 2. The minimum Gasteiger partial charge on any atom is -0.357 e. The molecule has 8 heteroatoms. The van der Waals surface area contributed by atoms with Crippen molar-refractivity contribution in [2.45, 2.75) is 32.9 Å². The number of rotatable bonds is 7. The first kappa shape index (κ1) is 20.1. The summed E-state index contributed by atoms with van der Waals surface area (Å²) in [7, 11) is 3.99. The molecular formula is C20H28N6OS. The molecule has 0 unspecified atom stereocenters. The Hall–Kier alpha value is -2.61. The molecule has 0 bridgehead atoms. The van der Waals surface area contributed by atoms with E-state index in [0.717, 1.165) is 47.5 Å². The molecule has 2 aromatic rings. The summed E-state index contributed by atoms with van der Waals surface area (Å²) in [5.41, 5.74) is 3.08. The number of benzene rings is 1. The minimum atomic E-state index is 0.212. The monoisotopic (exact) mass is 400 g/mol. The maximum Gasteiger partial charge on any atom is 0.227 e. The van der Waals surface area contributed by atoms with E-state index >= 15 is 0 Å². The Morgan fingerprint density at radius 3 is 2.68 bits per heavy atom. The fraction of sp³-hybridized carbons (Fsp3) is 0.450. The fourth-order valence-electron chi connectivity index (χ4n) is 2.97. The van der Waals surface area contributed by atoms with Gasteiger partial charge >= 0.3 is 0 Å². The van der Waals surface area contributed by atoms with Gasteiger partial charge < -0.3 is 20.4 Å². The van der Waals surface area contributed by atoms with Crippen molar-refractivity contribution in [3.05, 3.63) is 40.9 Å². The summed E-state index contributed by atoms with van der Waals surface area (Å²) >= 11 is 1.63. The zero-order valence-electron chi connectivity index (χ0n) is 16.7. The third-order valence-electron chi connectivity index (χ3n) is 4.44. The number of carbonyl (C=O) groups is 1. The highest BCUT2D eigenvalue weighted by Crippen LogP contribution is 2.22. The lowest BCUT2D eigenvalue weighted by atomic mass is 10.2. The predicted octanol–water partition coefficient (Wildman–Crippen LogP) is 2.59. The molecule has 1 amide bonds. The quantitative estimate of drug-likeness (QED) is 0.552. The van der Waals surface area contributed by atoms with E-state index in [-0.39, 0.29) is 5.91 Å². The first-order valence-electron chi connectivity index (χ1n) is 9.60. The third-order valence-corrected chi connectivity index (χ3v) is 5.50. The van der Waals surface area contributed by atoms with E-state index in [1.807, 2.05) is 55.1 Å². The van der Waals surface area contributed by atoms with Crippen molar-refractivity contribution in [1.82, 2.24) is 15.6 Å². The van der Waals surface area contributed by atoms with Crippen molar-refractivity contribution in [2.24, 2.45) is 4.99 Å². The van der Waals surface area contributed by atoms with Gasteiger partial charge in [-0.3, -0.25) is 4.79 Å². The smallest absolute Gasteiger partial charge is 0.227 e. The van der Waals surface area contributed by atoms with Crippen LogP contribution in [0.2, 0.25) is 0 Å². The second-order valence-corrected chi connectivity index (χ2v) is 7.72.